The minimum atomic E-state index is -4.37. The molecule has 1 aromatic heterocycles. The fourth-order valence-corrected chi connectivity index (χ4v) is 10.9. The number of Topliss-reactive ketones (excluding diaryl/α,β-unsaturated/α-hetero) is 1. The van der Waals surface area contributed by atoms with Crippen LogP contribution in [0.4, 0.5) is 13.2 Å². The number of aryl methyl sites for hydroxylation is 2. The molecule has 1 heterocycles. The van der Waals surface area contributed by atoms with Crippen LogP contribution in [0.5, 0.6) is 5.75 Å². The molecule has 0 radical (unpaired) electrons. The topological polar surface area (TPSA) is 39.2 Å². The van der Waals surface area contributed by atoms with Gasteiger partial charge in [-0.05, 0) is 92.5 Å². The molecule has 0 aliphatic carbocycles. The van der Waals surface area contributed by atoms with Gasteiger partial charge in [0.15, 0.2) is 5.78 Å². The van der Waals surface area contributed by atoms with E-state index in [9.17, 15) is 18.0 Å². The summed E-state index contributed by atoms with van der Waals surface area (Å²) in [5.74, 6) is 0.642. The quantitative estimate of drug-likeness (QED) is 0.0911. The van der Waals surface area contributed by atoms with Crippen LogP contribution in [0.2, 0.25) is 0 Å². The highest BCUT2D eigenvalue weighted by molar-refractivity contribution is 7.99. The monoisotopic (exact) mass is 803 g/mol. The number of carbonyl (C=O) groups is 1. The first-order valence-electron chi connectivity index (χ1n) is 18.1. The van der Waals surface area contributed by atoms with E-state index in [0.717, 1.165) is 39.6 Å². The van der Waals surface area contributed by atoms with Crippen molar-refractivity contribution in [3.05, 3.63) is 191 Å². The number of nitrogens with zero attached hydrogens (tertiary/aromatic N) is 1. The number of hydrogen-bond acceptors (Lipinski definition) is 5. The van der Waals surface area contributed by atoms with Gasteiger partial charge in [0, 0.05) is 20.6 Å². The molecule has 0 bridgehead atoms. The van der Waals surface area contributed by atoms with Crippen molar-refractivity contribution < 1.29 is 22.7 Å². The van der Waals surface area contributed by atoms with E-state index in [1.807, 2.05) is 50.2 Å². The Morgan fingerprint density at radius 1 is 0.732 bits per heavy atom. The van der Waals surface area contributed by atoms with Crippen molar-refractivity contribution in [2.45, 2.75) is 43.5 Å². The Kier molecular flexibility index (Phi) is 14.0. The zero-order chi connectivity index (χ0) is 39.5. The van der Waals surface area contributed by atoms with Gasteiger partial charge in [0.05, 0.1) is 11.3 Å². The Morgan fingerprint density at radius 2 is 1.25 bits per heavy atom. The maximum Gasteiger partial charge on any atom is 0.416 e. The predicted octanol–water partition coefficient (Wildman–Crippen LogP) is 11.9. The number of thioether (sulfide) groups is 1. The van der Waals surface area contributed by atoms with Gasteiger partial charge in [0.25, 0.3) is 0 Å². The zero-order valence-corrected chi connectivity index (χ0v) is 33.8. The normalized spacial score (nSPS) is 11.8. The lowest BCUT2D eigenvalue weighted by Gasteiger charge is -2.18. The summed E-state index contributed by atoms with van der Waals surface area (Å²) in [7, 11) is -0.446. The molecule has 0 spiro atoms. The van der Waals surface area contributed by atoms with Crippen LogP contribution in [-0.2, 0) is 17.4 Å². The molecular formula is C47H41F3NO2PS2. The van der Waals surface area contributed by atoms with Crippen LogP contribution in [0.3, 0.4) is 0 Å². The fourth-order valence-electron chi connectivity index (χ4n) is 6.03. The van der Waals surface area contributed by atoms with Gasteiger partial charge in [-0.2, -0.15) is 13.2 Å². The van der Waals surface area contributed by atoms with Crippen molar-refractivity contribution in [3.8, 4) is 16.3 Å². The molecule has 0 saturated carbocycles. The van der Waals surface area contributed by atoms with Gasteiger partial charge in [-0.25, -0.2) is 4.98 Å². The predicted molar refractivity (Wildman–Crippen MR) is 229 cm³/mol. The second-order valence-corrected chi connectivity index (χ2v) is 17.6. The zero-order valence-electron chi connectivity index (χ0n) is 31.2. The molecule has 7 rings (SSSR count). The van der Waals surface area contributed by atoms with Crippen LogP contribution in [0.1, 0.15) is 39.4 Å². The van der Waals surface area contributed by atoms with E-state index in [4.69, 9.17) is 9.72 Å². The first-order chi connectivity index (χ1) is 27.0. The van der Waals surface area contributed by atoms with E-state index in [1.54, 1.807) is 11.8 Å². The maximum atomic E-state index is 13.0. The summed E-state index contributed by atoms with van der Waals surface area (Å²) in [6.45, 7) is 5.43. The number of ketones is 1. The third-order valence-electron chi connectivity index (χ3n) is 8.75. The highest BCUT2D eigenvalue weighted by atomic mass is 32.2. The van der Waals surface area contributed by atoms with Crippen molar-refractivity contribution in [2.24, 2.45) is 0 Å². The molecule has 3 nitrogen and oxygen atoms in total. The molecule has 9 heteroatoms. The van der Waals surface area contributed by atoms with Gasteiger partial charge in [0.2, 0.25) is 0 Å². The number of hydrogen-bond donors (Lipinski definition) is 0. The molecule has 56 heavy (non-hydrogen) atoms. The van der Waals surface area contributed by atoms with Crippen molar-refractivity contribution in [2.75, 3.05) is 6.61 Å². The summed E-state index contributed by atoms with van der Waals surface area (Å²) in [5, 5.41) is 4.94. The fraction of sp³-hybridized carbons (Fsp3) is 0.149. The summed E-state index contributed by atoms with van der Waals surface area (Å²) >= 11 is 3.23. The Labute approximate surface area is 336 Å². The second-order valence-electron chi connectivity index (χ2n) is 13.1. The summed E-state index contributed by atoms with van der Waals surface area (Å²) < 4.78 is 44.6. The second kappa shape index (κ2) is 19.2. The van der Waals surface area contributed by atoms with Gasteiger partial charge in [0.1, 0.15) is 17.4 Å². The maximum absolute atomic E-state index is 13.0. The van der Waals surface area contributed by atoms with Crippen molar-refractivity contribution in [1.82, 2.24) is 4.98 Å². The number of alkyl halides is 3. The Morgan fingerprint density at radius 3 is 1.73 bits per heavy atom. The largest absolute Gasteiger partial charge is 0.486 e. The van der Waals surface area contributed by atoms with Crippen molar-refractivity contribution in [1.29, 1.82) is 0 Å². The lowest BCUT2D eigenvalue weighted by molar-refractivity contribution is -0.137. The third kappa shape index (κ3) is 11.1. The van der Waals surface area contributed by atoms with Crippen LogP contribution in [0.15, 0.2) is 169 Å². The molecule has 0 aliphatic heterocycles. The molecule has 0 amide bonds. The number of carbonyl (C=O) groups excluding carboxylic acids is 1. The minimum absolute atomic E-state index is 0.0368. The first-order valence-corrected chi connectivity index (χ1v) is 21.1. The number of thiazole rings is 1. The van der Waals surface area contributed by atoms with Crippen LogP contribution in [0, 0.1) is 13.8 Å². The van der Waals surface area contributed by atoms with Gasteiger partial charge in [-0.3, -0.25) is 4.79 Å². The first kappa shape index (κ1) is 40.6. The molecule has 0 saturated heterocycles. The average molecular weight is 804 g/mol. The molecule has 0 unspecified atom stereocenters. The van der Waals surface area contributed by atoms with E-state index >= 15 is 0 Å². The summed E-state index contributed by atoms with van der Waals surface area (Å²) in [6, 6.07) is 53.6. The molecule has 0 fully saturated rings. The SMILES string of the molecule is CC(=O)COc1ccc(S[C@H](Cc2ccccc2)c2sc(-c3ccc(C(F)(F)F)cc3)nc2C)cc1C.c1ccc(P(c2ccccc2)c2ccccc2)cc1. The molecule has 0 N–H and O–H groups in total. The standard InChI is InChI=1S/C29H26F3NO2S2.C18H15P/c1-18-15-24(13-14-25(18)35-17-19(2)34)36-26(16-21-7-5-4-6-8-21)27-20(3)33-28(37-27)22-9-11-23(12-10-22)29(30,31)32;1-4-10-16(11-5-1)19(17-12-6-2-7-13-17)18-14-8-3-9-15-18/h4-15,26H,16-17H2,1-3H3;1-15H/t26-;/m1./s1. The van der Waals surface area contributed by atoms with Crippen LogP contribution in [-0.4, -0.2) is 17.4 Å². The van der Waals surface area contributed by atoms with E-state index in [-0.39, 0.29) is 17.6 Å². The van der Waals surface area contributed by atoms with Gasteiger partial charge < -0.3 is 4.74 Å². The Bertz CT molecular complexity index is 2210. The smallest absolute Gasteiger partial charge is 0.416 e. The number of ether oxygens (including phenoxy) is 1. The summed E-state index contributed by atoms with van der Waals surface area (Å²) in [5.41, 5.74) is 2.98. The van der Waals surface area contributed by atoms with Gasteiger partial charge in [-0.1, -0.05) is 133 Å². The number of benzene rings is 6. The van der Waals surface area contributed by atoms with E-state index in [0.29, 0.717) is 16.3 Å². The highest BCUT2D eigenvalue weighted by Gasteiger charge is 2.30. The summed E-state index contributed by atoms with van der Waals surface area (Å²) in [4.78, 5) is 18.1. The molecular weight excluding hydrogens is 763 g/mol. The highest BCUT2D eigenvalue weighted by Crippen LogP contribution is 2.44. The molecule has 6 aromatic carbocycles. The Balaban J connectivity index is 0.000000233. The molecule has 7 aromatic rings. The van der Waals surface area contributed by atoms with E-state index < -0.39 is 19.7 Å². The molecule has 0 aliphatic rings. The van der Waals surface area contributed by atoms with Gasteiger partial charge >= 0.3 is 6.18 Å². The number of halogens is 3. The van der Waals surface area contributed by atoms with E-state index in [1.165, 1.54) is 51.9 Å². The molecule has 1 atom stereocenters. The van der Waals surface area contributed by atoms with Crippen molar-refractivity contribution in [3.63, 3.8) is 0 Å². The van der Waals surface area contributed by atoms with Crippen LogP contribution < -0.4 is 20.7 Å². The van der Waals surface area contributed by atoms with Crippen molar-refractivity contribution >= 4 is 52.7 Å². The van der Waals surface area contributed by atoms with Gasteiger partial charge in [-0.15, -0.1) is 23.1 Å². The average Bonchev–Trinajstić information content (AvgIpc) is 3.60. The Hall–Kier alpha value is -5.01. The lowest BCUT2D eigenvalue weighted by Crippen LogP contribution is -2.20. The molecule has 284 valence electrons. The van der Waals surface area contributed by atoms with Crippen LogP contribution in [0.25, 0.3) is 10.6 Å². The lowest BCUT2D eigenvalue weighted by atomic mass is 10.1. The number of aromatic nitrogens is 1. The van der Waals surface area contributed by atoms with E-state index in [2.05, 4.69) is 103 Å². The third-order valence-corrected chi connectivity index (χ3v) is 13.9. The summed E-state index contributed by atoms with van der Waals surface area (Å²) in [6.07, 6.45) is -3.60. The minimum Gasteiger partial charge on any atom is -0.486 e. The number of rotatable bonds is 12. The van der Waals surface area contributed by atoms with Crippen LogP contribution >= 0.6 is 31.0 Å².